The lowest BCUT2D eigenvalue weighted by atomic mass is 9.82. The van der Waals surface area contributed by atoms with Gasteiger partial charge in [0.1, 0.15) is 0 Å². The van der Waals surface area contributed by atoms with Crippen molar-refractivity contribution in [1.29, 1.82) is 0 Å². The minimum atomic E-state index is -2.91. The molecule has 2 aromatic rings. The Hall–Kier alpha value is -3.05. The molecular weight excluding hydrogens is 562 g/mol. The van der Waals surface area contributed by atoms with Gasteiger partial charge in [-0.05, 0) is 62.5 Å². The number of amides is 3. The van der Waals surface area contributed by atoms with E-state index < -0.39 is 20.0 Å². The molecule has 0 saturated carbocycles. The molecule has 4 aliphatic rings. The van der Waals surface area contributed by atoms with Gasteiger partial charge in [0.15, 0.2) is 13.9 Å². The largest absolute Gasteiger partial charge is 0.432 e. The highest BCUT2D eigenvalue weighted by molar-refractivity contribution is 6.71. The Kier molecular flexibility index (Phi) is 8.00. The van der Waals surface area contributed by atoms with Crippen molar-refractivity contribution in [2.45, 2.75) is 88.4 Å². The number of nitrogens with zero attached hydrogens (tertiary/aromatic N) is 3. The van der Waals surface area contributed by atoms with E-state index in [1.165, 1.54) is 0 Å². The summed E-state index contributed by atoms with van der Waals surface area (Å²) >= 11 is 0. The Morgan fingerprint density at radius 3 is 2.60 bits per heavy atom. The van der Waals surface area contributed by atoms with Gasteiger partial charge in [0.05, 0.1) is 37.4 Å². The zero-order valence-electron chi connectivity index (χ0n) is 25.4. The number of para-hydroxylation sites is 1. The molecule has 43 heavy (non-hydrogen) atoms. The normalized spacial score (nSPS) is 29.2. The van der Waals surface area contributed by atoms with Gasteiger partial charge in [-0.1, -0.05) is 37.3 Å². The van der Waals surface area contributed by atoms with Crippen molar-refractivity contribution < 1.29 is 29.0 Å². The van der Waals surface area contributed by atoms with Crippen LogP contribution >= 0.6 is 0 Å². The number of hydrogen-bond acceptors (Lipinski definition) is 6. The first-order valence-corrected chi connectivity index (χ1v) is 18.7. The van der Waals surface area contributed by atoms with E-state index in [1.54, 1.807) is 9.80 Å². The zero-order chi connectivity index (χ0) is 30.5. The predicted octanol–water partition coefficient (Wildman–Crippen LogP) is 3.92. The second-order valence-electron chi connectivity index (χ2n) is 13.2. The maximum atomic E-state index is 14.6. The molecule has 3 fully saturated rings. The lowest BCUT2D eigenvalue weighted by molar-refractivity contribution is -0.150. The lowest BCUT2D eigenvalue weighted by Gasteiger charge is -2.33. The summed E-state index contributed by atoms with van der Waals surface area (Å²) in [5, 5.41) is 9.81. The number of benzene rings is 2. The molecule has 230 valence electrons. The Bertz CT molecular complexity index is 1410. The van der Waals surface area contributed by atoms with E-state index in [4.69, 9.17) is 4.74 Å². The second-order valence-corrected chi connectivity index (χ2v) is 17.2. The maximum Gasteiger partial charge on any atom is 0.264 e. The standard InChI is InChI=1S/C33H43N3O6Si/c1-22-31(43(2,3)41)28(19-30(39)35-17-9-12-25(35)21-37)42-33(22)26-13-4-5-14-27(26)36(32(33)40)20-23-10-8-11-24(18-23)34-16-7-6-15-29(34)38/h4-5,8,10-11,13-14,18,22,25,28,31,37,41H,6-7,9,12,15-17,19-21H2,1-3H3/t22-,25-,28+,31-,33+/m0/s1. The number of aliphatic hydroxyl groups excluding tert-OH is 1. The van der Waals surface area contributed by atoms with Gasteiger partial charge >= 0.3 is 0 Å². The Morgan fingerprint density at radius 1 is 1.07 bits per heavy atom. The third-order valence-electron chi connectivity index (χ3n) is 10.1. The molecule has 0 unspecified atom stereocenters. The van der Waals surface area contributed by atoms with Crippen LogP contribution in [-0.4, -0.2) is 72.7 Å². The van der Waals surface area contributed by atoms with E-state index in [0.717, 1.165) is 48.2 Å². The topological polar surface area (TPSA) is 111 Å². The number of carbonyl (C=O) groups excluding carboxylic acids is 3. The number of piperidine rings is 1. The fourth-order valence-electron chi connectivity index (χ4n) is 8.12. The first kappa shape index (κ1) is 30.0. The van der Waals surface area contributed by atoms with Gasteiger partial charge < -0.3 is 29.3 Å². The molecule has 6 rings (SSSR count). The van der Waals surface area contributed by atoms with E-state index in [9.17, 15) is 24.3 Å². The summed E-state index contributed by atoms with van der Waals surface area (Å²) in [6, 6.07) is 15.3. The summed E-state index contributed by atoms with van der Waals surface area (Å²) in [7, 11) is -2.91. The zero-order valence-corrected chi connectivity index (χ0v) is 26.4. The Morgan fingerprint density at radius 2 is 1.86 bits per heavy atom. The molecule has 0 aliphatic carbocycles. The number of hydrogen-bond donors (Lipinski definition) is 2. The Balaban J connectivity index is 1.32. The first-order valence-electron chi connectivity index (χ1n) is 15.7. The molecule has 4 heterocycles. The van der Waals surface area contributed by atoms with Crippen LogP contribution in [0.1, 0.15) is 56.6 Å². The van der Waals surface area contributed by atoms with Gasteiger partial charge in [-0.2, -0.15) is 0 Å². The molecule has 0 bridgehead atoms. The quantitative estimate of drug-likeness (QED) is 0.463. The monoisotopic (exact) mass is 605 g/mol. The van der Waals surface area contributed by atoms with Gasteiger partial charge in [-0.15, -0.1) is 0 Å². The average Bonchev–Trinajstić information content (AvgIpc) is 3.64. The fourth-order valence-corrected chi connectivity index (χ4v) is 10.7. The minimum absolute atomic E-state index is 0.0611. The van der Waals surface area contributed by atoms with Crippen LogP contribution in [0.2, 0.25) is 18.6 Å². The Labute approximate surface area is 254 Å². The van der Waals surface area contributed by atoms with Crippen LogP contribution in [0.3, 0.4) is 0 Å². The van der Waals surface area contributed by atoms with E-state index in [0.29, 0.717) is 26.1 Å². The number of fused-ring (bicyclic) bond motifs is 2. The number of likely N-dealkylation sites (tertiary alicyclic amines) is 1. The van der Waals surface area contributed by atoms with Gasteiger partial charge in [-0.25, -0.2) is 0 Å². The summed E-state index contributed by atoms with van der Waals surface area (Å²) in [4.78, 5) is 57.6. The summed E-state index contributed by atoms with van der Waals surface area (Å²) in [5.74, 6) is -0.526. The molecule has 4 aliphatic heterocycles. The summed E-state index contributed by atoms with van der Waals surface area (Å²) < 4.78 is 6.82. The summed E-state index contributed by atoms with van der Waals surface area (Å²) in [6.07, 6.45) is 3.49. The van der Waals surface area contributed by atoms with Crippen LogP contribution < -0.4 is 9.80 Å². The van der Waals surface area contributed by atoms with Crippen LogP contribution in [0.5, 0.6) is 0 Å². The molecule has 2 N–H and O–H groups in total. The van der Waals surface area contributed by atoms with Gasteiger partial charge in [0.25, 0.3) is 5.91 Å². The molecule has 0 aromatic heterocycles. The van der Waals surface area contributed by atoms with Crippen molar-refractivity contribution in [2.75, 3.05) is 29.5 Å². The summed E-state index contributed by atoms with van der Waals surface area (Å²) in [5.41, 5.74) is 1.62. The highest BCUT2D eigenvalue weighted by Crippen LogP contribution is 2.59. The van der Waals surface area contributed by atoms with Gasteiger partial charge in [0, 0.05) is 42.2 Å². The van der Waals surface area contributed by atoms with Crippen molar-refractivity contribution >= 4 is 37.4 Å². The first-order chi connectivity index (χ1) is 20.6. The SMILES string of the molecule is C[C@H]1[C@H]([Si](C)(C)O)[C@@H](CC(=O)N2CCC[C@H]2CO)O[C@]12C(=O)N(Cc1cccc(N3CCCCC3=O)c1)c1ccccc12. The smallest absolute Gasteiger partial charge is 0.264 e. The van der Waals surface area contributed by atoms with Crippen molar-refractivity contribution in [2.24, 2.45) is 5.92 Å². The third kappa shape index (κ3) is 5.12. The lowest BCUT2D eigenvalue weighted by Crippen LogP contribution is -2.46. The highest BCUT2D eigenvalue weighted by atomic mass is 28.4. The van der Waals surface area contributed by atoms with Crippen molar-refractivity contribution in [3.8, 4) is 0 Å². The molecule has 2 aromatic carbocycles. The van der Waals surface area contributed by atoms with Crippen molar-refractivity contribution in [3.05, 3.63) is 59.7 Å². The number of rotatable bonds is 7. The maximum absolute atomic E-state index is 14.6. The summed E-state index contributed by atoms with van der Waals surface area (Å²) in [6.45, 7) is 7.22. The molecule has 0 radical (unpaired) electrons. The molecule has 5 atom stereocenters. The van der Waals surface area contributed by atoms with Crippen LogP contribution in [0.15, 0.2) is 48.5 Å². The van der Waals surface area contributed by atoms with E-state index in [2.05, 4.69) is 0 Å². The van der Waals surface area contributed by atoms with Crippen LogP contribution in [0.25, 0.3) is 0 Å². The second kappa shape index (κ2) is 11.5. The van der Waals surface area contributed by atoms with Gasteiger partial charge in [-0.3, -0.25) is 14.4 Å². The van der Waals surface area contributed by atoms with E-state index in [1.807, 2.05) is 73.4 Å². The molecule has 9 nitrogen and oxygen atoms in total. The van der Waals surface area contributed by atoms with Gasteiger partial charge in [0.2, 0.25) is 11.8 Å². The molecule has 3 saturated heterocycles. The highest BCUT2D eigenvalue weighted by Gasteiger charge is 2.66. The van der Waals surface area contributed by atoms with E-state index >= 15 is 0 Å². The molecule has 10 heteroatoms. The molecule has 1 spiro atoms. The fraction of sp³-hybridized carbons (Fsp3) is 0.545. The van der Waals surface area contributed by atoms with Crippen molar-refractivity contribution in [3.63, 3.8) is 0 Å². The van der Waals surface area contributed by atoms with Crippen LogP contribution in [0, 0.1) is 5.92 Å². The number of ether oxygens (including phenoxy) is 1. The molecular formula is C33H43N3O6Si. The van der Waals surface area contributed by atoms with Crippen LogP contribution in [0.4, 0.5) is 11.4 Å². The molecule has 3 amide bonds. The third-order valence-corrected chi connectivity index (χ3v) is 12.6. The predicted molar refractivity (Wildman–Crippen MR) is 166 cm³/mol. The number of carbonyl (C=O) groups is 3. The average molecular weight is 606 g/mol. The number of aliphatic hydroxyl groups is 1. The van der Waals surface area contributed by atoms with E-state index in [-0.39, 0.29) is 48.3 Å². The van der Waals surface area contributed by atoms with Crippen molar-refractivity contribution in [1.82, 2.24) is 4.90 Å². The number of anilines is 2. The minimum Gasteiger partial charge on any atom is -0.432 e. The van der Waals surface area contributed by atoms with Crippen LogP contribution in [-0.2, 0) is 31.3 Å².